The van der Waals surface area contributed by atoms with Gasteiger partial charge in [0, 0.05) is 36.6 Å². The van der Waals surface area contributed by atoms with Gasteiger partial charge in [-0.25, -0.2) is 0 Å². The van der Waals surface area contributed by atoms with Gasteiger partial charge in [-0.2, -0.15) is 0 Å². The molecule has 1 aromatic heterocycles. The smallest absolute Gasteiger partial charge is 0.253 e. The maximum atomic E-state index is 12.6. The van der Waals surface area contributed by atoms with Crippen molar-refractivity contribution in [3.63, 3.8) is 0 Å². The zero-order valence-corrected chi connectivity index (χ0v) is 15.4. The fourth-order valence-electron chi connectivity index (χ4n) is 2.82. The number of hydrogen-bond donors (Lipinski definition) is 0. The molecule has 3 rings (SSSR count). The fourth-order valence-corrected chi connectivity index (χ4v) is 4.36. The van der Waals surface area contributed by atoms with Gasteiger partial charge in [0.2, 0.25) is 5.91 Å². The summed E-state index contributed by atoms with van der Waals surface area (Å²) in [5.41, 5.74) is 2.67. The predicted molar refractivity (Wildman–Crippen MR) is 96.0 cm³/mol. The number of fused-ring (bicyclic) bond motifs is 1. The topological polar surface area (TPSA) is 40.6 Å². The van der Waals surface area contributed by atoms with Crippen molar-refractivity contribution in [3.8, 4) is 0 Å². The largest absolute Gasteiger partial charge is 0.337 e. The molecular weight excluding hydrogens is 376 g/mol. The van der Waals surface area contributed by atoms with Crippen molar-refractivity contribution >= 4 is 44.8 Å². The first kappa shape index (κ1) is 16.2. The zero-order valence-electron chi connectivity index (χ0n) is 13.0. The van der Waals surface area contributed by atoms with E-state index in [9.17, 15) is 9.59 Å². The Bertz CT molecular complexity index is 772. The average molecular weight is 393 g/mol. The van der Waals surface area contributed by atoms with Crippen molar-refractivity contribution < 1.29 is 9.59 Å². The number of benzene rings is 1. The van der Waals surface area contributed by atoms with E-state index in [1.807, 2.05) is 37.4 Å². The van der Waals surface area contributed by atoms with Gasteiger partial charge in [0.05, 0.1) is 10.3 Å². The molecule has 0 N–H and O–H groups in total. The lowest BCUT2D eigenvalue weighted by Gasteiger charge is -2.18. The van der Waals surface area contributed by atoms with Crippen molar-refractivity contribution in [2.75, 3.05) is 18.5 Å². The van der Waals surface area contributed by atoms with Crippen LogP contribution in [0, 0.1) is 0 Å². The first-order valence-electron chi connectivity index (χ1n) is 7.36. The van der Waals surface area contributed by atoms with Gasteiger partial charge < -0.3 is 9.80 Å². The summed E-state index contributed by atoms with van der Waals surface area (Å²) < 4.78 is 1.07. The summed E-state index contributed by atoms with van der Waals surface area (Å²) in [6.07, 6.45) is 0.803. The Balaban J connectivity index is 1.77. The lowest BCUT2D eigenvalue weighted by Crippen LogP contribution is -2.26. The van der Waals surface area contributed by atoms with E-state index in [0.717, 1.165) is 26.3 Å². The van der Waals surface area contributed by atoms with Gasteiger partial charge in [-0.15, -0.1) is 11.3 Å². The third-order valence-corrected chi connectivity index (χ3v) is 5.58. The van der Waals surface area contributed by atoms with Crippen LogP contribution in [0.1, 0.15) is 27.7 Å². The Morgan fingerprint density at radius 1 is 1.30 bits per heavy atom. The van der Waals surface area contributed by atoms with Crippen LogP contribution in [0.3, 0.4) is 0 Å². The lowest BCUT2D eigenvalue weighted by atomic mass is 10.1. The van der Waals surface area contributed by atoms with E-state index in [-0.39, 0.29) is 11.8 Å². The molecule has 2 amide bonds. The van der Waals surface area contributed by atoms with Crippen LogP contribution in [-0.4, -0.2) is 30.3 Å². The maximum absolute atomic E-state index is 12.6. The average Bonchev–Trinajstić information content (AvgIpc) is 3.11. The highest BCUT2D eigenvalue weighted by Gasteiger charge is 2.23. The van der Waals surface area contributed by atoms with E-state index in [1.165, 1.54) is 0 Å². The number of hydrogen-bond acceptors (Lipinski definition) is 3. The van der Waals surface area contributed by atoms with Crippen LogP contribution in [-0.2, 0) is 17.8 Å². The number of rotatable bonds is 3. The number of thiophene rings is 1. The molecule has 0 saturated carbocycles. The Kier molecular flexibility index (Phi) is 4.55. The van der Waals surface area contributed by atoms with E-state index in [1.54, 1.807) is 28.1 Å². The monoisotopic (exact) mass is 392 g/mol. The highest BCUT2D eigenvalue weighted by atomic mass is 79.9. The number of halogens is 1. The van der Waals surface area contributed by atoms with E-state index in [4.69, 9.17) is 0 Å². The molecule has 2 aromatic rings. The second-order valence-corrected chi connectivity index (χ2v) is 8.18. The Morgan fingerprint density at radius 2 is 2.09 bits per heavy atom. The van der Waals surface area contributed by atoms with Gasteiger partial charge in [0.25, 0.3) is 5.91 Å². The molecule has 4 nitrogen and oxygen atoms in total. The maximum Gasteiger partial charge on any atom is 0.253 e. The van der Waals surface area contributed by atoms with Crippen molar-refractivity contribution in [1.29, 1.82) is 0 Å². The highest BCUT2D eigenvalue weighted by Crippen LogP contribution is 2.29. The van der Waals surface area contributed by atoms with Gasteiger partial charge in [-0.1, -0.05) is 0 Å². The molecule has 6 heteroatoms. The molecule has 0 spiro atoms. The van der Waals surface area contributed by atoms with Crippen LogP contribution in [0.25, 0.3) is 0 Å². The van der Waals surface area contributed by atoms with Crippen LogP contribution < -0.4 is 4.90 Å². The first-order valence-corrected chi connectivity index (χ1v) is 8.97. The minimum Gasteiger partial charge on any atom is -0.337 e. The fraction of sp³-hybridized carbons (Fsp3) is 0.294. The summed E-state index contributed by atoms with van der Waals surface area (Å²) in [5, 5.41) is 0. The highest BCUT2D eigenvalue weighted by molar-refractivity contribution is 9.11. The van der Waals surface area contributed by atoms with Crippen LogP contribution in [0.5, 0.6) is 0 Å². The van der Waals surface area contributed by atoms with Crippen LogP contribution in [0.4, 0.5) is 5.69 Å². The van der Waals surface area contributed by atoms with Gasteiger partial charge in [0.1, 0.15) is 0 Å². The zero-order chi connectivity index (χ0) is 16.6. The molecule has 0 atom stereocenters. The van der Waals surface area contributed by atoms with E-state index in [2.05, 4.69) is 15.9 Å². The molecule has 1 aliphatic heterocycles. The second kappa shape index (κ2) is 6.45. The minimum absolute atomic E-state index is 0.00130. The standard InChI is InChI=1S/C17H17BrN2O2S/c1-11(21)20-8-7-12-9-13(3-5-15(12)20)17(22)19(2)10-14-4-6-16(18)23-14/h3-6,9H,7-8,10H2,1-2H3. The summed E-state index contributed by atoms with van der Waals surface area (Å²) in [5.74, 6) is 0.0433. The van der Waals surface area contributed by atoms with Crippen LogP contribution in [0.15, 0.2) is 34.1 Å². The SMILES string of the molecule is CC(=O)N1CCc2cc(C(=O)N(C)Cc3ccc(Br)s3)ccc21. The molecular formula is C17H17BrN2O2S. The summed E-state index contributed by atoms with van der Waals surface area (Å²) in [7, 11) is 1.81. The number of anilines is 1. The number of nitrogens with zero attached hydrogens (tertiary/aromatic N) is 2. The molecule has 1 aromatic carbocycles. The molecule has 0 aliphatic carbocycles. The predicted octanol–water partition coefficient (Wildman–Crippen LogP) is 3.69. The lowest BCUT2D eigenvalue weighted by molar-refractivity contribution is -0.116. The molecule has 120 valence electrons. The van der Waals surface area contributed by atoms with Crippen molar-refractivity contribution in [3.05, 3.63) is 50.1 Å². The minimum atomic E-state index is -0.00130. The number of carbonyl (C=O) groups is 2. The van der Waals surface area contributed by atoms with E-state index < -0.39 is 0 Å². The van der Waals surface area contributed by atoms with Crippen LogP contribution in [0.2, 0.25) is 0 Å². The summed E-state index contributed by atoms with van der Waals surface area (Å²) in [6, 6.07) is 9.62. The first-order chi connectivity index (χ1) is 11.0. The Labute approximate surface area is 147 Å². The van der Waals surface area contributed by atoms with E-state index >= 15 is 0 Å². The molecule has 23 heavy (non-hydrogen) atoms. The van der Waals surface area contributed by atoms with E-state index in [0.29, 0.717) is 18.7 Å². The normalized spacial score (nSPS) is 13.1. The quantitative estimate of drug-likeness (QED) is 0.798. The number of amides is 2. The molecule has 0 fully saturated rings. The third kappa shape index (κ3) is 3.33. The third-order valence-electron chi connectivity index (χ3n) is 3.97. The summed E-state index contributed by atoms with van der Waals surface area (Å²) >= 11 is 5.07. The molecule has 2 heterocycles. The molecule has 0 radical (unpaired) electrons. The Morgan fingerprint density at radius 3 is 2.74 bits per heavy atom. The Hall–Kier alpha value is -1.66. The number of carbonyl (C=O) groups excluding carboxylic acids is 2. The van der Waals surface area contributed by atoms with Gasteiger partial charge in [-0.05, 0) is 58.2 Å². The molecule has 1 aliphatic rings. The molecule has 0 unspecified atom stereocenters. The van der Waals surface area contributed by atoms with Crippen molar-refractivity contribution in [2.24, 2.45) is 0 Å². The van der Waals surface area contributed by atoms with Crippen molar-refractivity contribution in [2.45, 2.75) is 19.9 Å². The molecule has 0 bridgehead atoms. The summed E-state index contributed by atoms with van der Waals surface area (Å²) in [6.45, 7) is 2.86. The van der Waals surface area contributed by atoms with Crippen LogP contribution >= 0.6 is 27.3 Å². The van der Waals surface area contributed by atoms with Gasteiger partial charge in [-0.3, -0.25) is 9.59 Å². The van der Waals surface area contributed by atoms with Gasteiger partial charge >= 0.3 is 0 Å². The molecule has 0 saturated heterocycles. The van der Waals surface area contributed by atoms with Crippen molar-refractivity contribution in [1.82, 2.24) is 4.90 Å². The summed E-state index contributed by atoms with van der Waals surface area (Å²) in [4.78, 5) is 28.8. The van der Waals surface area contributed by atoms with Gasteiger partial charge in [0.15, 0.2) is 0 Å². The second-order valence-electron chi connectivity index (χ2n) is 5.63.